The fourth-order valence-corrected chi connectivity index (χ4v) is 7.85. The summed E-state index contributed by atoms with van der Waals surface area (Å²) in [4.78, 5) is 94.4. The minimum absolute atomic E-state index is 0.00229. The Hall–Kier alpha value is -5.88. The lowest BCUT2D eigenvalue weighted by Gasteiger charge is -2.54. The summed E-state index contributed by atoms with van der Waals surface area (Å²) in [6.07, 6.45) is -5.24. The van der Waals surface area contributed by atoms with Gasteiger partial charge in [-0.15, -0.1) is 0 Å². The Morgan fingerprint density at radius 1 is 0.703 bits per heavy atom. The second kappa shape index (κ2) is 22.7. The van der Waals surface area contributed by atoms with Crippen molar-refractivity contribution < 1.29 is 56.6 Å². The minimum atomic E-state index is -4.97. The number of amides is 7. The topological polar surface area (TPSA) is 216 Å². The summed E-state index contributed by atoms with van der Waals surface area (Å²) in [5.41, 5.74) is 0.0963. The van der Waals surface area contributed by atoms with Gasteiger partial charge in [-0.1, -0.05) is 74.5 Å². The van der Waals surface area contributed by atoms with E-state index in [9.17, 15) is 51.8 Å². The molecule has 0 unspecified atom stereocenters. The first kappa shape index (κ1) is 50.8. The molecular weight excluding hydrogens is 840 g/mol. The third-order valence-electron chi connectivity index (χ3n) is 11.1. The van der Waals surface area contributed by atoms with Crippen molar-refractivity contribution in [2.75, 3.05) is 32.7 Å². The Morgan fingerprint density at radius 2 is 1.19 bits per heavy atom. The minimum Gasteiger partial charge on any atom is -0.465 e. The van der Waals surface area contributed by atoms with E-state index in [1.54, 1.807) is 86.3 Å². The van der Waals surface area contributed by atoms with Gasteiger partial charge in [0, 0.05) is 51.0 Å². The number of hydrogen-bond donors (Lipinski definition) is 6. The largest absolute Gasteiger partial charge is 0.471 e. The number of likely N-dealkylation sites (tertiary alicyclic amines) is 2. The van der Waals surface area contributed by atoms with Gasteiger partial charge in [-0.05, 0) is 76.3 Å². The fraction of sp³-hybridized carbons (Fsp3) is 0.578. The number of carbonyl (C=O) groups excluding carboxylic acids is 6. The molecule has 0 aromatic heterocycles. The van der Waals surface area contributed by atoms with Gasteiger partial charge in [0.1, 0.15) is 29.8 Å². The highest BCUT2D eigenvalue weighted by Gasteiger charge is 2.53. The van der Waals surface area contributed by atoms with Crippen LogP contribution in [-0.4, -0.2) is 125 Å². The number of carbonyl (C=O) groups is 7. The molecule has 2 aromatic rings. The van der Waals surface area contributed by atoms with E-state index in [0.717, 1.165) is 4.90 Å². The van der Waals surface area contributed by atoms with Gasteiger partial charge in [0.25, 0.3) is 0 Å². The molecule has 2 fully saturated rings. The summed E-state index contributed by atoms with van der Waals surface area (Å²) >= 11 is 0. The molecule has 64 heavy (non-hydrogen) atoms. The molecule has 0 aliphatic carbocycles. The van der Waals surface area contributed by atoms with E-state index in [2.05, 4.69) is 26.6 Å². The quantitative estimate of drug-likeness (QED) is 0.111. The SMILES string of the molecule is CC(C)C[C@@H](NC(=O)[C@@H](Cc1ccccc1)NC(=O)[C@@H](Cc1ccccc1)NC(=O)O)C(=O)N[C@H](CCCCNC(=O)OC(C)(C)C)C(=O)N1CCC2(CC1)CN(C(=O)C(F)(F)F)C2. The standard InChI is InChI=1S/C45H62F3N7O9/c1-29(2)24-33(51-37(57)34(25-30-14-8-6-9-15-30)52-38(58)35(53-41(61)62)26-31-16-10-7-11-17-31)36(56)50-32(18-12-13-21-49-42(63)64-43(3,4)5)39(59)54-22-19-44(20-23-54)27-55(28-44)40(60)45(46,47)48/h6-11,14-17,29,32-35,53H,12-13,18-28H2,1-5H3,(H,49,63)(H,50,56)(H,51,57)(H,52,58)(H,61,62)/t32-,33-,34-,35-/m1/s1. The van der Waals surface area contributed by atoms with Gasteiger partial charge < -0.3 is 46.2 Å². The molecule has 2 saturated heterocycles. The van der Waals surface area contributed by atoms with Crippen LogP contribution in [0.25, 0.3) is 0 Å². The molecule has 4 rings (SSSR count). The first-order chi connectivity index (χ1) is 30.0. The van der Waals surface area contributed by atoms with Gasteiger partial charge in [-0.3, -0.25) is 24.0 Å². The number of nitrogens with one attached hydrogen (secondary N) is 5. The molecule has 0 saturated carbocycles. The smallest absolute Gasteiger partial charge is 0.465 e. The van der Waals surface area contributed by atoms with Crippen LogP contribution in [0.5, 0.6) is 0 Å². The van der Waals surface area contributed by atoms with Crippen LogP contribution < -0.4 is 26.6 Å². The van der Waals surface area contributed by atoms with Crippen molar-refractivity contribution in [2.24, 2.45) is 11.3 Å². The van der Waals surface area contributed by atoms with Crippen molar-refractivity contribution >= 4 is 41.7 Å². The van der Waals surface area contributed by atoms with Crippen LogP contribution in [0.4, 0.5) is 22.8 Å². The predicted molar refractivity (Wildman–Crippen MR) is 229 cm³/mol. The Bertz CT molecular complexity index is 1910. The van der Waals surface area contributed by atoms with Crippen LogP contribution in [-0.2, 0) is 41.6 Å². The van der Waals surface area contributed by atoms with E-state index in [1.165, 1.54) is 0 Å². The summed E-state index contributed by atoms with van der Waals surface area (Å²) in [6.45, 7) is 9.34. The number of halogens is 3. The van der Waals surface area contributed by atoms with Gasteiger partial charge in [-0.25, -0.2) is 9.59 Å². The van der Waals surface area contributed by atoms with Crippen LogP contribution in [0.15, 0.2) is 60.7 Å². The van der Waals surface area contributed by atoms with Crippen LogP contribution in [0.1, 0.15) is 84.3 Å². The number of ether oxygens (including phenoxy) is 1. The van der Waals surface area contributed by atoms with Crippen LogP contribution in [0.2, 0.25) is 0 Å². The second-order valence-corrected chi connectivity index (χ2v) is 18.1. The highest BCUT2D eigenvalue weighted by Crippen LogP contribution is 2.42. The Kier molecular flexibility index (Phi) is 18.0. The first-order valence-corrected chi connectivity index (χ1v) is 21.6. The van der Waals surface area contributed by atoms with E-state index >= 15 is 0 Å². The van der Waals surface area contributed by atoms with Gasteiger partial charge in [0.15, 0.2) is 0 Å². The first-order valence-electron chi connectivity index (χ1n) is 21.6. The van der Waals surface area contributed by atoms with Crippen molar-refractivity contribution in [1.29, 1.82) is 0 Å². The molecule has 1 spiro atoms. The summed E-state index contributed by atoms with van der Waals surface area (Å²) < 4.78 is 44.4. The number of rotatable bonds is 19. The van der Waals surface area contributed by atoms with Gasteiger partial charge in [-0.2, -0.15) is 13.2 Å². The molecule has 7 amide bonds. The highest BCUT2D eigenvalue weighted by atomic mass is 19.4. The molecule has 4 atom stereocenters. The lowest BCUT2D eigenvalue weighted by atomic mass is 9.72. The molecule has 19 heteroatoms. The summed E-state index contributed by atoms with van der Waals surface area (Å²) in [7, 11) is 0. The van der Waals surface area contributed by atoms with E-state index in [4.69, 9.17) is 4.74 Å². The molecule has 2 heterocycles. The zero-order valence-corrected chi connectivity index (χ0v) is 37.1. The van der Waals surface area contributed by atoms with Crippen molar-refractivity contribution in [3.63, 3.8) is 0 Å². The van der Waals surface area contributed by atoms with E-state index < -0.39 is 83.1 Å². The monoisotopic (exact) mass is 901 g/mol. The average Bonchev–Trinajstić information content (AvgIpc) is 3.20. The molecular formula is C45H62F3N7O9. The number of alkyl halides is 3. The Morgan fingerprint density at radius 3 is 1.67 bits per heavy atom. The van der Waals surface area contributed by atoms with Crippen LogP contribution in [0, 0.1) is 11.3 Å². The summed E-state index contributed by atoms with van der Waals surface area (Å²) in [5.74, 6) is -4.59. The lowest BCUT2D eigenvalue weighted by Crippen LogP contribution is -2.65. The Balaban J connectivity index is 1.50. The number of unbranched alkanes of at least 4 members (excludes halogenated alkanes) is 1. The molecule has 2 aromatic carbocycles. The molecule has 2 aliphatic heterocycles. The van der Waals surface area contributed by atoms with Gasteiger partial charge in [0.05, 0.1) is 0 Å². The maximum absolute atomic E-state index is 14.2. The van der Waals surface area contributed by atoms with E-state index in [-0.39, 0.29) is 64.3 Å². The number of alkyl carbamates (subject to hydrolysis) is 1. The molecule has 0 bridgehead atoms. The number of nitrogens with zero attached hydrogens (tertiary/aromatic N) is 2. The van der Waals surface area contributed by atoms with E-state index in [1.807, 2.05) is 13.8 Å². The number of piperidine rings is 1. The Labute approximate surface area is 371 Å². The van der Waals surface area contributed by atoms with E-state index in [0.29, 0.717) is 36.8 Å². The van der Waals surface area contributed by atoms with Crippen molar-refractivity contribution in [3.05, 3.63) is 71.8 Å². The number of hydrogen-bond acceptors (Lipinski definition) is 8. The number of benzene rings is 2. The van der Waals surface area contributed by atoms with Gasteiger partial charge in [0.2, 0.25) is 23.6 Å². The summed E-state index contributed by atoms with van der Waals surface area (Å²) in [5, 5.41) is 22.8. The number of carboxylic acid groups (broad SMARTS) is 1. The molecule has 16 nitrogen and oxygen atoms in total. The highest BCUT2D eigenvalue weighted by molar-refractivity contribution is 5.95. The maximum atomic E-state index is 14.2. The molecule has 0 radical (unpaired) electrons. The molecule has 6 N–H and O–H groups in total. The van der Waals surface area contributed by atoms with Crippen LogP contribution in [0.3, 0.4) is 0 Å². The van der Waals surface area contributed by atoms with Crippen LogP contribution >= 0.6 is 0 Å². The molecule has 352 valence electrons. The molecule has 2 aliphatic rings. The van der Waals surface area contributed by atoms with Gasteiger partial charge >= 0.3 is 24.3 Å². The fourth-order valence-electron chi connectivity index (χ4n) is 7.85. The third kappa shape index (κ3) is 16.0. The van der Waals surface area contributed by atoms with Crippen molar-refractivity contribution in [2.45, 2.75) is 122 Å². The predicted octanol–water partition coefficient (Wildman–Crippen LogP) is 4.32. The van der Waals surface area contributed by atoms with Crippen molar-refractivity contribution in [3.8, 4) is 0 Å². The normalized spacial score (nSPS) is 16.6. The maximum Gasteiger partial charge on any atom is 0.471 e. The third-order valence-corrected chi connectivity index (χ3v) is 11.1. The zero-order valence-electron chi connectivity index (χ0n) is 37.1. The zero-order chi connectivity index (χ0) is 47.2. The summed E-state index contributed by atoms with van der Waals surface area (Å²) in [6, 6.07) is 12.8. The average molecular weight is 902 g/mol. The van der Waals surface area contributed by atoms with Crippen molar-refractivity contribution in [1.82, 2.24) is 36.4 Å². The second-order valence-electron chi connectivity index (χ2n) is 18.1. The lowest BCUT2D eigenvalue weighted by molar-refractivity contribution is -0.198.